The highest BCUT2D eigenvalue weighted by Gasteiger charge is 2.20. The molecule has 0 bridgehead atoms. The van der Waals surface area contributed by atoms with E-state index < -0.39 is 6.55 Å². The summed E-state index contributed by atoms with van der Waals surface area (Å²) in [5.74, 6) is 0.629. The van der Waals surface area contributed by atoms with Gasteiger partial charge in [-0.25, -0.2) is 4.98 Å². The molecule has 8 heteroatoms. The Hall–Kier alpha value is -2.64. The van der Waals surface area contributed by atoms with Gasteiger partial charge in [0, 0.05) is 25.5 Å². The maximum atomic E-state index is 12.8. The van der Waals surface area contributed by atoms with Gasteiger partial charge in [0.25, 0.3) is 5.91 Å². The predicted octanol–water partition coefficient (Wildman–Crippen LogP) is 2.57. The van der Waals surface area contributed by atoms with E-state index in [0.29, 0.717) is 17.1 Å². The number of aromatic nitrogens is 2. The van der Waals surface area contributed by atoms with Gasteiger partial charge in [0.05, 0.1) is 26.3 Å². The molecule has 0 saturated heterocycles. The van der Waals surface area contributed by atoms with E-state index in [9.17, 15) is 13.6 Å². The Balaban J connectivity index is 2.21. The van der Waals surface area contributed by atoms with E-state index in [4.69, 9.17) is 9.47 Å². The number of rotatable bonds is 6. The van der Waals surface area contributed by atoms with E-state index in [1.165, 1.54) is 38.6 Å². The first kappa shape index (κ1) is 16.7. The van der Waals surface area contributed by atoms with Crippen LogP contribution in [-0.4, -0.2) is 41.6 Å². The molecule has 0 aliphatic rings. The highest BCUT2D eigenvalue weighted by molar-refractivity contribution is 5.97. The SMILES string of the molecule is COc1ccc(C(=O)N(C)Cc2nccn2C(F)F)c(OC)c1. The van der Waals surface area contributed by atoms with Crippen LogP contribution in [0.4, 0.5) is 8.78 Å². The number of hydrogen-bond acceptors (Lipinski definition) is 4. The molecule has 0 unspecified atom stereocenters. The number of carbonyl (C=O) groups excluding carboxylic acids is 1. The predicted molar refractivity (Wildman–Crippen MR) is 78.8 cm³/mol. The Kier molecular flexibility index (Phi) is 5.15. The van der Waals surface area contributed by atoms with Crippen LogP contribution < -0.4 is 9.47 Å². The molecule has 0 spiro atoms. The van der Waals surface area contributed by atoms with Crippen LogP contribution in [0, 0.1) is 0 Å². The molecular weight excluding hydrogens is 308 g/mol. The molecular formula is C15H17F2N3O3. The second kappa shape index (κ2) is 7.08. The summed E-state index contributed by atoms with van der Waals surface area (Å²) in [5.41, 5.74) is 0.311. The van der Waals surface area contributed by atoms with E-state index in [1.807, 2.05) is 0 Å². The van der Waals surface area contributed by atoms with Gasteiger partial charge >= 0.3 is 6.55 Å². The fraction of sp³-hybridized carbons (Fsp3) is 0.333. The lowest BCUT2D eigenvalue weighted by Gasteiger charge is -2.19. The van der Waals surface area contributed by atoms with Gasteiger partial charge in [-0.15, -0.1) is 0 Å². The molecule has 6 nitrogen and oxygen atoms in total. The van der Waals surface area contributed by atoms with Gasteiger partial charge in [-0.1, -0.05) is 0 Å². The Bertz CT molecular complexity index is 688. The zero-order chi connectivity index (χ0) is 17.0. The average Bonchev–Trinajstić information content (AvgIpc) is 3.01. The van der Waals surface area contributed by atoms with Gasteiger partial charge in [-0.3, -0.25) is 9.36 Å². The van der Waals surface area contributed by atoms with Crippen LogP contribution in [-0.2, 0) is 6.54 Å². The normalized spacial score (nSPS) is 10.7. The van der Waals surface area contributed by atoms with Gasteiger partial charge in [-0.05, 0) is 12.1 Å². The topological polar surface area (TPSA) is 56.6 Å². The lowest BCUT2D eigenvalue weighted by molar-refractivity contribution is 0.0611. The molecule has 0 aliphatic carbocycles. The fourth-order valence-corrected chi connectivity index (χ4v) is 2.11. The third-order valence-corrected chi connectivity index (χ3v) is 3.32. The summed E-state index contributed by atoms with van der Waals surface area (Å²) >= 11 is 0. The Morgan fingerprint density at radius 1 is 1.35 bits per heavy atom. The summed E-state index contributed by atoms with van der Waals surface area (Å²) in [6, 6.07) is 4.78. The van der Waals surface area contributed by atoms with Crippen molar-refractivity contribution >= 4 is 5.91 Å². The molecule has 2 rings (SSSR count). The summed E-state index contributed by atoms with van der Waals surface area (Å²) in [4.78, 5) is 17.7. The summed E-state index contributed by atoms with van der Waals surface area (Å²) < 4.78 is 36.6. The zero-order valence-corrected chi connectivity index (χ0v) is 13.0. The number of alkyl halides is 2. The van der Waals surface area contributed by atoms with Gasteiger partial charge in [-0.2, -0.15) is 8.78 Å². The molecule has 1 aromatic carbocycles. The molecule has 1 heterocycles. The summed E-state index contributed by atoms with van der Waals surface area (Å²) in [5, 5.41) is 0. The standard InChI is InChI=1S/C15H17F2N3O3/c1-19(9-13-18-6-7-20(13)15(16)17)14(21)11-5-4-10(22-2)8-12(11)23-3/h4-8,15H,9H2,1-3H3. The Labute approximate surface area is 132 Å². The third kappa shape index (κ3) is 3.58. The molecule has 1 amide bonds. The molecule has 124 valence electrons. The van der Waals surface area contributed by atoms with Crippen LogP contribution in [0.15, 0.2) is 30.6 Å². The van der Waals surface area contributed by atoms with Gasteiger partial charge in [0.1, 0.15) is 17.3 Å². The molecule has 0 radical (unpaired) electrons. The van der Waals surface area contributed by atoms with Crippen molar-refractivity contribution in [3.8, 4) is 11.5 Å². The quantitative estimate of drug-likeness (QED) is 0.819. The van der Waals surface area contributed by atoms with Crippen LogP contribution in [0.5, 0.6) is 11.5 Å². The third-order valence-electron chi connectivity index (χ3n) is 3.32. The molecule has 0 N–H and O–H groups in total. The van der Waals surface area contributed by atoms with Crippen LogP contribution >= 0.6 is 0 Å². The van der Waals surface area contributed by atoms with Crippen molar-refractivity contribution in [2.75, 3.05) is 21.3 Å². The van der Waals surface area contributed by atoms with Crippen molar-refractivity contribution in [1.82, 2.24) is 14.5 Å². The van der Waals surface area contributed by atoms with Crippen molar-refractivity contribution in [2.24, 2.45) is 0 Å². The highest BCUT2D eigenvalue weighted by Crippen LogP contribution is 2.26. The molecule has 0 aliphatic heterocycles. The number of ether oxygens (including phenoxy) is 2. The van der Waals surface area contributed by atoms with Gasteiger partial charge in [0.15, 0.2) is 0 Å². The van der Waals surface area contributed by atoms with Crippen molar-refractivity contribution in [3.63, 3.8) is 0 Å². The second-order valence-electron chi connectivity index (χ2n) is 4.76. The summed E-state index contributed by atoms with van der Waals surface area (Å²) in [6.07, 6.45) is 2.44. The van der Waals surface area contributed by atoms with Crippen LogP contribution in [0.1, 0.15) is 22.7 Å². The van der Waals surface area contributed by atoms with E-state index >= 15 is 0 Å². The van der Waals surface area contributed by atoms with Crippen LogP contribution in [0.2, 0.25) is 0 Å². The second-order valence-corrected chi connectivity index (χ2v) is 4.76. The van der Waals surface area contributed by atoms with Gasteiger partial charge < -0.3 is 14.4 Å². The Morgan fingerprint density at radius 3 is 2.70 bits per heavy atom. The van der Waals surface area contributed by atoms with E-state index in [0.717, 1.165) is 4.57 Å². The first-order valence-corrected chi connectivity index (χ1v) is 6.75. The monoisotopic (exact) mass is 325 g/mol. The Morgan fingerprint density at radius 2 is 2.09 bits per heavy atom. The van der Waals surface area contributed by atoms with Crippen molar-refractivity contribution in [2.45, 2.75) is 13.1 Å². The largest absolute Gasteiger partial charge is 0.497 e. The number of halogens is 2. The van der Waals surface area contributed by atoms with E-state index in [1.54, 1.807) is 18.2 Å². The first-order chi connectivity index (χ1) is 11.0. The van der Waals surface area contributed by atoms with Crippen molar-refractivity contribution in [1.29, 1.82) is 0 Å². The molecule has 23 heavy (non-hydrogen) atoms. The summed E-state index contributed by atoms with van der Waals surface area (Å²) in [7, 11) is 4.46. The lowest BCUT2D eigenvalue weighted by atomic mass is 10.1. The minimum absolute atomic E-state index is 0.0502. The highest BCUT2D eigenvalue weighted by atomic mass is 19.3. The zero-order valence-electron chi connectivity index (χ0n) is 13.0. The van der Waals surface area contributed by atoms with E-state index in [2.05, 4.69) is 4.98 Å². The molecule has 0 saturated carbocycles. The molecule has 1 aromatic heterocycles. The first-order valence-electron chi connectivity index (χ1n) is 6.75. The van der Waals surface area contributed by atoms with Crippen LogP contribution in [0.25, 0.3) is 0 Å². The minimum Gasteiger partial charge on any atom is -0.497 e. The molecule has 0 atom stereocenters. The maximum Gasteiger partial charge on any atom is 0.319 e. The van der Waals surface area contributed by atoms with Gasteiger partial charge in [0.2, 0.25) is 0 Å². The summed E-state index contributed by atoms with van der Waals surface area (Å²) in [6.45, 7) is -2.75. The van der Waals surface area contributed by atoms with Crippen LogP contribution in [0.3, 0.4) is 0 Å². The maximum absolute atomic E-state index is 12.8. The molecule has 2 aromatic rings. The van der Waals surface area contributed by atoms with Crippen molar-refractivity contribution < 1.29 is 23.0 Å². The average molecular weight is 325 g/mol. The molecule has 0 fully saturated rings. The number of hydrogen-bond donors (Lipinski definition) is 0. The number of benzene rings is 1. The minimum atomic E-state index is -2.70. The number of methoxy groups -OCH3 is 2. The van der Waals surface area contributed by atoms with E-state index in [-0.39, 0.29) is 18.3 Å². The fourth-order valence-electron chi connectivity index (χ4n) is 2.11. The lowest BCUT2D eigenvalue weighted by Crippen LogP contribution is -2.28. The number of imidazole rings is 1. The number of nitrogens with zero attached hydrogens (tertiary/aromatic N) is 3. The number of carbonyl (C=O) groups is 1. The number of amides is 1. The van der Waals surface area contributed by atoms with Crippen molar-refractivity contribution in [3.05, 3.63) is 42.0 Å². The smallest absolute Gasteiger partial charge is 0.319 e.